The predicted molar refractivity (Wildman–Crippen MR) is 125 cm³/mol. The number of carbonyl (C=O) groups excluding carboxylic acids is 2. The molecule has 2 aromatic carbocycles. The zero-order valence-corrected chi connectivity index (χ0v) is 19.8. The minimum absolute atomic E-state index is 0.133. The Hall–Kier alpha value is -2.53. The van der Waals surface area contributed by atoms with E-state index in [1.54, 1.807) is 17.0 Å². The number of ether oxygens (including phenoxy) is 1. The molecule has 0 fully saturated rings. The van der Waals surface area contributed by atoms with Crippen molar-refractivity contribution in [3.8, 4) is 5.75 Å². The highest BCUT2D eigenvalue weighted by molar-refractivity contribution is 6.30. The Morgan fingerprint density at radius 2 is 1.77 bits per heavy atom. The number of hydrogen-bond acceptors (Lipinski definition) is 3. The number of hydrogen-bond donors (Lipinski definition) is 1. The second kappa shape index (κ2) is 11.8. The van der Waals surface area contributed by atoms with Crippen molar-refractivity contribution in [3.63, 3.8) is 0 Å². The molecular weight excluding hydrogens is 412 g/mol. The lowest BCUT2D eigenvalue weighted by Crippen LogP contribution is -2.50. The maximum Gasteiger partial charge on any atom is 0.261 e. The van der Waals surface area contributed by atoms with Gasteiger partial charge in [0.1, 0.15) is 11.8 Å². The molecule has 1 atom stereocenters. The van der Waals surface area contributed by atoms with E-state index < -0.39 is 6.04 Å². The molecule has 31 heavy (non-hydrogen) atoms. The summed E-state index contributed by atoms with van der Waals surface area (Å²) in [5.74, 6) is 0.624. The standard InChI is InChI=1S/C25H33ClN2O3/c1-6-22(25(30)27-14-17(2)3)28(15-20-10-12-21(26)13-11-20)24(29)16-31-23-9-7-8-18(4)19(23)5/h7-13,17,22H,6,14-16H2,1-5H3,(H,27,30)/t22-/m0/s1. The van der Waals surface area contributed by atoms with Crippen LogP contribution in [0.2, 0.25) is 5.02 Å². The molecule has 0 heterocycles. The number of carbonyl (C=O) groups is 2. The molecule has 0 spiro atoms. The molecule has 0 radical (unpaired) electrons. The number of nitrogens with one attached hydrogen (secondary N) is 1. The fraction of sp³-hybridized carbons (Fsp3) is 0.440. The summed E-state index contributed by atoms with van der Waals surface area (Å²) in [5.41, 5.74) is 3.00. The largest absolute Gasteiger partial charge is 0.483 e. The number of nitrogens with zero attached hydrogens (tertiary/aromatic N) is 1. The van der Waals surface area contributed by atoms with Crippen molar-refractivity contribution in [2.45, 2.75) is 53.6 Å². The number of benzene rings is 2. The summed E-state index contributed by atoms with van der Waals surface area (Å²) in [4.78, 5) is 27.7. The highest BCUT2D eigenvalue weighted by atomic mass is 35.5. The predicted octanol–water partition coefficient (Wildman–Crippen LogP) is 4.92. The minimum atomic E-state index is -0.580. The molecular formula is C25H33ClN2O3. The molecule has 0 aliphatic rings. The molecule has 0 aliphatic heterocycles. The first-order valence-corrected chi connectivity index (χ1v) is 11.1. The molecule has 1 N–H and O–H groups in total. The summed E-state index contributed by atoms with van der Waals surface area (Å²) >= 11 is 6.00. The molecule has 0 aromatic heterocycles. The Bertz CT molecular complexity index is 881. The third kappa shape index (κ3) is 7.28. The van der Waals surface area contributed by atoms with Gasteiger partial charge >= 0.3 is 0 Å². The van der Waals surface area contributed by atoms with Gasteiger partial charge in [0.25, 0.3) is 5.91 Å². The molecule has 168 valence electrons. The van der Waals surface area contributed by atoms with Crippen molar-refractivity contribution in [2.24, 2.45) is 5.92 Å². The molecule has 2 amide bonds. The van der Waals surface area contributed by atoms with Crippen LogP contribution < -0.4 is 10.1 Å². The van der Waals surface area contributed by atoms with Crippen LogP contribution in [0.3, 0.4) is 0 Å². The van der Waals surface area contributed by atoms with Crippen LogP contribution >= 0.6 is 11.6 Å². The van der Waals surface area contributed by atoms with Crippen LogP contribution in [-0.2, 0) is 16.1 Å². The Labute approximate surface area is 190 Å². The van der Waals surface area contributed by atoms with E-state index in [4.69, 9.17) is 16.3 Å². The monoisotopic (exact) mass is 444 g/mol. The van der Waals surface area contributed by atoms with Crippen LogP contribution in [0.4, 0.5) is 0 Å². The van der Waals surface area contributed by atoms with E-state index in [-0.39, 0.29) is 18.4 Å². The first kappa shape index (κ1) is 24.7. The molecule has 0 bridgehead atoms. The Morgan fingerprint density at radius 3 is 2.39 bits per heavy atom. The fourth-order valence-corrected chi connectivity index (χ4v) is 3.36. The molecule has 0 saturated carbocycles. The van der Waals surface area contributed by atoms with E-state index in [0.717, 1.165) is 16.7 Å². The first-order valence-electron chi connectivity index (χ1n) is 10.7. The molecule has 0 unspecified atom stereocenters. The van der Waals surface area contributed by atoms with Gasteiger partial charge in [-0.3, -0.25) is 9.59 Å². The van der Waals surface area contributed by atoms with Crippen LogP contribution in [0.1, 0.15) is 43.9 Å². The minimum Gasteiger partial charge on any atom is -0.483 e. The third-order valence-electron chi connectivity index (χ3n) is 5.24. The van der Waals surface area contributed by atoms with E-state index in [0.29, 0.717) is 36.2 Å². The van der Waals surface area contributed by atoms with Gasteiger partial charge in [-0.2, -0.15) is 0 Å². The lowest BCUT2D eigenvalue weighted by molar-refractivity contribution is -0.143. The topological polar surface area (TPSA) is 58.6 Å². The summed E-state index contributed by atoms with van der Waals surface area (Å²) in [6.45, 7) is 10.7. The van der Waals surface area contributed by atoms with Gasteiger partial charge in [0.05, 0.1) is 0 Å². The van der Waals surface area contributed by atoms with E-state index in [1.165, 1.54) is 0 Å². The average Bonchev–Trinajstić information content (AvgIpc) is 2.74. The quantitative estimate of drug-likeness (QED) is 0.566. The molecule has 6 heteroatoms. The van der Waals surface area contributed by atoms with Crippen molar-refractivity contribution in [3.05, 3.63) is 64.2 Å². The van der Waals surface area contributed by atoms with Crippen molar-refractivity contribution < 1.29 is 14.3 Å². The van der Waals surface area contributed by atoms with Gasteiger partial charge in [0.15, 0.2) is 6.61 Å². The highest BCUT2D eigenvalue weighted by Gasteiger charge is 2.29. The Morgan fingerprint density at radius 1 is 1.10 bits per heavy atom. The van der Waals surface area contributed by atoms with Gasteiger partial charge in [-0.25, -0.2) is 0 Å². The van der Waals surface area contributed by atoms with Crippen LogP contribution in [0.5, 0.6) is 5.75 Å². The van der Waals surface area contributed by atoms with Crippen molar-refractivity contribution in [2.75, 3.05) is 13.2 Å². The second-order valence-electron chi connectivity index (χ2n) is 8.20. The fourth-order valence-electron chi connectivity index (χ4n) is 3.23. The number of rotatable bonds is 10. The number of aryl methyl sites for hydroxylation is 1. The summed E-state index contributed by atoms with van der Waals surface area (Å²) in [6.07, 6.45) is 0.507. The summed E-state index contributed by atoms with van der Waals surface area (Å²) < 4.78 is 5.85. The van der Waals surface area contributed by atoms with Crippen LogP contribution in [-0.4, -0.2) is 35.9 Å². The Kier molecular flexibility index (Phi) is 9.38. The first-order chi connectivity index (χ1) is 14.7. The van der Waals surface area contributed by atoms with E-state index in [2.05, 4.69) is 5.32 Å². The zero-order valence-electron chi connectivity index (χ0n) is 19.1. The van der Waals surface area contributed by atoms with Gasteiger partial charge < -0.3 is 15.0 Å². The SMILES string of the molecule is CC[C@@H](C(=O)NCC(C)C)N(Cc1ccc(Cl)cc1)C(=O)COc1cccc(C)c1C. The average molecular weight is 445 g/mol. The number of amides is 2. The maximum atomic E-state index is 13.2. The zero-order chi connectivity index (χ0) is 23.0. The van der Waals surface area contributed by atoms with Crippen molar-refractivity contribution in [1.82, 2.24) is 10.2 Å². The van der Waals surface area contributed by atoms with Crippen LogP contribution in [0.25, 0.3) is 0 Å². The third-order valence-corrected chi connectivity index (χ3v) is 5.49. The van der Waals surface area contributed by atoms with Crippen LogP contribution in [0.15, 0.2) is 42.5 Å². The highest BCUT2D eigenvalue weighted by Crippen LogP contribution is 2.21. The second-order valence-corrected chi connectivity index (χ2v) is 8.63. The molecule has 2 rings (SSSR count). The van der Waals surface area contributed by atoms with E-state index in [1.807, 2.05) is 65.0 Å². The molecule has 0 saturated heterocycles. The smallest absolute Gasteiger partial charge is 0.261 e. The van der Waals surface area contributed by atoms with Gasteiger partial charge in [0, 0.05) is 18.1 Å². The van der Waals surface area contributed by atoms with Gasteiger partial charge in [-0.05, 0) is 61.1 Å². The lowest BCUT2D eigenvalue weighted by atomic mass is 10.1. The molecule has 0 aliphatic carbocycles. The lowest BCUT2D eigenvalue weighted by Gasteiger charge is -2.31. The van der Waals surface area contributed by atoms with Gasteiger partial charge in [-0.1, -0.05) is 56.6 Å². The van der Waals surface area contributed by atoms with Gasteiger partial charge in [-0.15, -0.1) is 0 Å². The molecule has 2 aromatic rings. The molecule has 5 nitrogen and oxygen atoms in total. The maximum absolute atomic E-state index is 13.2. The van der Waals surface area contributed by atoms with Gasteiger partial charge in [0.2, 0.25) is 5.91 Å². The van der Waals surface area contributed by atoms with Crippen LogP contribution in [0, 0.1) is 19.8 Å². The Balaban J connectivity index is 2.21. The van der Waals surface area contributed by atoms with E-state index >= 15 is 0 Å². The van der Waals surface area contributed by atoms with Crippen molar-refractivity contribution >= 4 is 23.4 Å². The van der Waals surface area contributed by atoms with E-state index in [9.17, 15) is 9.59 Å². The number of halogens is 1. The summed E-state index contributed by atoms with van der Waals surface area (Å²) in [6, 6.07) is 12.5. The normalized spacial score (nSPS) is 11.8. The summed E-state index contributed by atoms with van der Waals surface area (Å²) in [5, 5.41) is 3.59. The summed E-state index contributed by atoms with van der Waals surface area (Å²) in [7, 11) is 0. The van der Waals surface area contributed by atoms with Crippen molar-refractivity contribution in [1.29, 1.82) is 0 Å².